The first-order chi connectivity index (χ1) is 15.8. The molecule has 1 atom stereocenters. The van der Waals surface area contributed by atoms with E-state index in [0.717, 1.165) is 25.6 Å². The second-order valence-electron chi connectivity index (χ2n) is 8.76. The zero-order valence-electron chi connectivity index (χ0n) is 18.2. The van der Waals surface area contributed by atoms with Crippen LogP contribution in [0.2, 0.25) is 0 Å². The predicted molar refractivity (Wildman–Crippen MR) is 113 cm³/mol. The van der Waals surface area contributed by atoms with Crippen molar-refractivity contribution in [2.75, 3.05) is 23.3 Å². The van der Waals surface area contributed by atoms with Gasteiger partial charge >= 0.3 is 12.4 Å². The number of aromatic nitrogens is 2. The third-order valence-electron chi connectivity index (χ3n) is 6.28. The summed E-state index contributed by atoms with van der Waals surface area (Å²) in [7, 11) is 0. The first-order valence-corrected chi connectivity index (χ1v) is 10.8. The van der Waals surface area contributed by atoms with Crippen LogP contribution in [0.15, 0.2) is 24.4 Å². The standard InChI is InChI=1S/C22H23F6N5O/c1-11(21(23,24)25)18-15(5-6-30-19(18)32-20(34)12-3-2-4-12)16-7-13(22(26,27)28)8-17(31-16)33-9-14(29)10-33/h5-8,11-12,14H,2-4,9-10,29H2,1H3,(H,30,32,34). The van der Waals surface area contributed by atoms with Gasteiger partial charge in [0.2, 0.25) is 5.91 Å². The van der Waals surface area contributed by atoms with Crippen LogP contribution in [0.1, 0.15) is 43.2 Å². The largest absolute Gasteiger partial charge is 0.416 e. The molecule has 2 aromatic rings. The van der Waals surface area contributed by atoms with E-state index in [2.05, 4.69) is 15.3 Å². The van der Waals surface area contributed by atoms with Gasteiger partial charge in [-0.05, 0) is 38.0 Å². The van der Waals surface area contributed by atoms with Crippen LogP contribution >= 0.6 is 0 Å². The van der Waals surface area contributed by atoms with E-state index in [1.165, 1.54) is 11.0 Å². The number of nitrogens with two attached hydrogens (primary N) is 1. The van der Waals surface area contributed by atoms with Crippen LogP contribution in [0, 0.1) is 5.92 Å². The van der Waals surface area contributed by atoms with Crippen LogP contribution in [-0.2, 0) is 11.0 Å². The highest BCUT2D eigenvalue weighted by atomic mass is 19.4. The van der Waals surface area contributed by atoms with E-state index in [1.807, 2.05) is 0 Å². The summed E-state index contributed by atoms with van der Waals surface area (Å²) in [6.07, 6.45) is -6.25. The normalized spacial score (nSPS) is 18.3. The van der Waals surface area contributed by atoms with Gasteiger partial charge in [0.1, 0.15) is 11.6 Å². The van der Waals surface area contributed by atoms with Gasteiger partial charge in [0.05, 0.1) is 17.2 Å². The van der Waals surface area contributed by atoms with Gasteiger partial charge in [-0.25, -0.2) is 9.97 Å². The predicted octanol–water partition coefficient (Wildman–Crippen LogP) is 4.71. The molecular weight excluding hydrogens is 464 g/mol. The number of hydrogen-bond donors (Lipinski definition) is 2. The number of carbonyl (C=O) groups is 1. The number of amides is 1. The van der Waals surface area contributed by atoms with Crippen molar-refractivity contribution >= 4 is 17.5 Å². The van der Waals surface area contributed by atoms with Crippen LogP contribution in [0.4, 0.5) is 38.0 Å². The summed E-state index contributed by atoms with van der Waals surface area (Å²) < 4.78 is 82.3. The Morgan fingerprint density at radius 2 is 1.85 bits per heavy atom. The third kappa shape index (κ3) is 4.82. The van der Waals surface area contributed by atoms with Gasteiger partial charge in [-0.3, -0.25) is 4.79 Å². The third-order valence-corrected chi connectivity index (χ3v) is 6.28. The lowest BCUT2D eigenvalue weighted by Gasteiger charge is -2.38. The van der Waals surface area contributed by atoms with Crippen molar-refractivity contribution in [1.29, 1.82) is 0 Å². The van der Waals surface area contributed by atoms with Gasteiger partial charge in [-0.2, -0.15) is 26.3 Å². The van der Waals surface area contributed by atoms with Gasteiger partial charge in [0.15, 0.2) is 0 Å². The number of halogens is 6. The SMILES string of the molecule is CC(c1c(-c2cc(C(F)(F)F)cc(N3CC(N)C3)n2)ccnc1NC(=O)C1CCC1)C(F)(F)F. The summed E-state index contributed by atoms with van der Waals surface area (Å²) in [4.78, 5) is 22.2. The summed E-state index contributed by atoms with van der Waals surface area (Å²) >= 11 is 0. The molecule has 1 amide bonds. The highest BCUT2D eigenvalue weighted by molar-refractivity contribution is 5.94. The Bertz CT molecular complexity index is 1080. The Balaban J connectivity index is 1.85. The molecule has 1 aliphatic carbocycles. The highest BCUT2D eigenvalue weighted by Crippen LogP contribution is 2.44. The molecule has 2 fully saturated rings. The molecular formula is C22H23F6N5O. The first-order valence-electron chi connectivity index (χ1n) is 10.8. The number of alkyl halides is 6. The Morgan fingerprint density at radius 1 is 1.18 bits per heavy atom. The number of anilines is 2. The van der Waals surface area contributed by atoms with Crippen molar-refractivity contribution in [3.8, 4) is 11.3 Å². The molecule has 1 aliphatic heterocycles. The second-order valence-corrected chi connectivity index (χ2v) is 8.76. The number of carbonyl (C=O) groups excluding carboxylic acids is 1. The van der Waals surface area contributed by atoms with E-state index in [-0.39, 0.29) is 47.9 Å². The maximum absolute atomic E-state index is 13.8. The maximum atomic E-state index is 13.8. The van der Waals surface area contributed by atoms with Crippen LogP contribution in [-0.4, -0.2) is 41.2 Å². The van der Waals surface area contributed by atoms with E-state index < -0.39 is 35.3 Å². The molecule has 34 heavy (non-hydrogen) atoms. The maximum Gasteiger partial charge on any atom is 0.416 e. The van der Waals surface area contributed by atoms with Gasteiger partial charge < -0.3 is 16.0 Å². The summed E-state index contributed by atoms with van der Waals surface area (Å²) in [5, 5.41) is 2.46. The Labute approximate surface area is 191 Å². The van der Waals surface area contributed by atoms with Crippen molar-refractivity contribution in [2.45, 2.75) is 50.5 Å². The van der Waals surface area contributed by atoms with E-state index in [0.29, 0.717) is 18.9 Å². The Morgan fingerprint density at radius 3 is 2.38 bits per heavy atom. The lowest BCUT2D eigenvalue weighted by Crippen LogP contribution is -2.56. The Kier molecular flexibility index (Phi) is 6.21. The molecule has 1 saturated carbocycles. The fourth-order valence-corrected chi connectivity index (χ4v) is 3.97. The van der Waals surface area contributed by atoms with Crippen molar-refractivity contribution in [2.24, 2.45) is 11.7 Å². The van der Waals surface area contributed by atoms with Crippen LogP contribution < -0.4 is 16.0 Å². The van der Waals surface area contributed by atoms with Crippen LogP contribution in [0.5, 0.6) is 0 Å². The lowest BCUT2D eigenvalue weighted by molar-refractivity contribution is -0.146. The molecule has 4 rings (SSSR count). The monoisotopic (exact) mass is 487 g/mol. The number of pyridine rings is 2. The van der Waals surface area contributed by atoms with Crippen molar-refractivity contribution in [3.05, 3.63) is 35.5 Å². The highest BCUT2D eigenvalue weighted by Gasteiger charge is 2.41. The molecule has 2 aliphatic rings. The van der Waals surface area contributed by atoms with E-state index in [9.17, 15) is 31.1 Å². The molecule has 184 valence electrons. The van der Waals surface area contributed by atoms with E-state index in [4.69, 9.17) is 5.73 Å². The summed E-state index contributed by atoms with van der Waals surface area (Å²) in [6.45, 7) is 1.43. The molecule has 0 aromatic carbocycles. The zero-order chi connectivity index (χ0) is 24.8. The van der Waals surface area contributed by atoms with Crippen molar-refractivity contribution < 1.29 is 31.1 Å². The van der Waals surface area contributed by atoms with Gasteiger partial charge in [-0.15, -0.1) is 0 Å². The number of hydrogen-bond acceptors (Lipinski definition) is 5. The molecule has 3 N–H and O–H groups in total. The summed E-state index contributed by atoms with van der Waals surface area (Å²) in [5.41, 5.74) is 3.78. The number of rotatable bonds is 5. The zero-order valence-corrected chi connectivity index (χ0v) is 18.2. The topological polar surface area (TPSA) is 84.1 Å². The average Bonchev–Trinajstić information content (AvgIpc) is 2.67. The molecule has 1 saturated heterocycles. The second kappa shape index (κ2) is 8.71. The van der Waals surface area contributed by atoms with E-state index >= 15 is 0 Å². The van der Waals surface area contributed by atoms with Crippen LogP contribution in [0.3, 0.4) is 0 Å². The van der Waals surface area contributed by atoms with Crippen molar-refractivity contribution in [1.82, 2.24) is 9.97 Å². The van der Waals surface area contributed by atoms with E-state index in [1.54, 1.807) is 0 Å². The van der Waals surface area contributed by atoms with Crippen molar-refractivity contribution in [3.63, 3.8) is 0 Å². The quantitative estimate of drug-likeness (QED) is 0.597. The summed E-state index contributed by atoms with van der Waals surface area (Å²) in [5.74, 6) is -3.27. The molecule has 0 spiro atoms. The number of nitrogens with zero attached hydrogens (tertiary/aromatic N) is 3. The van der Waals surface area contributed by atoms with Gasteiger partial charge in [-0.1, -0.05) is 6.42 Å². The fraction of sp³-hybridized carbons (Fsp3) is 0.500. The molecule has 6 nitrogen and oxygen atoms in total. The molecule has 3 heterocycles. The smallest absolute Gasteiger partial charge is 0.353 e. The van der Waals surface area contributed by atoms with Gasteiger partial charge in [0, 0.05) is 42.4 Å². The summed E-state index contributed by atoms with van der Waals surface area (Å²) in [6, 6.07) is 2.52. The minimum atomic E-state index is -4.75. The Hall–Kier alpha value is -2.89. The number of nitrogens with one attached hydrogen (secondary N) is 1. The molecule has 1 unspecified atom stereocenters. The molecule has 0 bridgehead atoms. The molecule has 2 aromatic heterocycles. The molecule has 0 radical (unpaired) electrons. The minimum absolute atomic E-state index is 0.0333. The average molecular weight is 487 g/mol. The minimum Gasteiger partial charge on any atom is -0.353 e. The lowest BCUT2D eigenvalue weighted by atomic mass is 9.84. The fourth-order valence-electron chi connectivity index (χ4n) is 3.97. The first kappa shape index (κ1) is 24.2. The molecule has 12 heteroatoms. The van der Waals surface area contributed by atoms with Gasteiger partial charge in [0.25, 0.3) is 0 Å². The van der Waals surface area contributed by atoms with Crippen LogP contribution in [0.25, 0.3) is 11.3 Å².